The van der Waals surface area contributed by atoms with Gasteiger partial charge >= 0.3 is 0 Å². The average molecular weight is 295 g/mol. The van der Waals surface area contributed by atoms with E-state index in [2.05, 4.69) is 20.8 Å². The van der Waals surface area contributed by atoms with Crippen molar-refractivity contribution in [2.45, 2.75) is 18.8 Å². The van der Waals surface area contributed by atoms with Crippen LogP contribution in [0.15, 0.2) is 22.7 Å². The topological polar surface area (TPSA) is 3.24 Å². The van der Waals surface area contributed by atoms with Crippen LogP contribution in [0.4, 0.5) is 4.39 Å². The van der Waals surface area contributed by atoms with Gasteiger partial charge in [-0.05, 0) is 47.6 Å². The first kappa shape index (κ1) is 12.9. The van der Waals surface area contributed by atoms with Crippen LogP contribution in [0, 0.1) is 5.82 Å². The average Bonchev–Trinajstić information content (AvgIpc) is 2.10. The maximum Gasteiger partial charge on any atom is 0.137 e. The van der Waals surface area contributed by atoms with Gasteiger partial charge < -0.3 is 4.90 Å². The molecule has 4 heteroatoms. The summed E-state index contributed by atoms with van der Waals surface area (Å²) in [7, 11) is 2.00. The van der Waals surface area contributed by atoms with Crippen LogP contribution in [0.1, 0.15) is 12.5 Å². The van der Waals surface area contributed by atoms with E-state index < -0.39 is 0 Å². The number of hydrogen-bond donors (Lipinski definition) is 0. The molecular weight excluding hydrogens is 280 g/mol. The minimum atomic E-state index is -0.230. The first-order valence-corrected chi connectivity index (χ1v) is 5.98. The van der Waals surface area contributed by atoms with Crippen molar-refractivity contribution in [3.8, 4) is 0 Å². The zero-order chi connectivity index (χ0) is 11.4. The fraction of sp³-hybridized carbons (Fsp3) is 0.455. The number of nitrogens with zero attached hydrogens (tertiary/aromatic N) is 1. The van der Waals surface area contributed by atoms with E-state index in [1.165, 1.54) is 6.07 Å². The summed E-state index contributed by atoms with van der Waals surface area (Å²) >= 11 is 9.05. The molecule has 0 amide bonds. The molecule has 0 heterocycles. The Morgan fingerprint density at radius 2 is 2.20 bits per heavy atom. The lowest BCUT2D eigenvalue weighted by Crippen LogP contribution is -2.24. The number of halogens is 3. The lowest BCUT2D eigenvalue weighted by atomic mass is 10.2. The predicted octanol–water partition coefficient (Wildman–Crippen LogP) is 3.65. The second-order valence-electron chi connectivity index (χ2n) is 3.73. The maximum atomic E-state index is 13.0. The summed E-state index contributed by atoms with van der Waals surface area (Å²) in [6.45, 7) is 3.55. The van der Waals surface area contributed by atoms with E-state index in [9.17, 15) is 4.39 Å². The number of alkyl halides is 1. The molecule has 1 nitrogen and oxygen atoms in total. The highest BCUT2D eigenvalue weighted by molar-refractivity contribution is 9.10. The van der Waals surface area contributed by atoms with E-state index in [-0.39, 0.29) is 11.2 Å². The van der Waals surface area contributed by atoms with Crippen LogP contribution in [0.3, 0.4) is 0 Å². The Morgan fingerprint density at radius 3 is 2.73 bits per heavy atom. The zero-order valence-electron chi connectivity index (χ0n) is 8.80. The highest BCUT2D eigenvalue weighted by Crippen LogP contribution is 2.17. The molecule has 0 radical (unpaired) electrons. The van der Waals surface area contributed by atoms with E-state index in [4.69, 9.17) is 11.6 Å². The monoisotopic (exact) mass is 293 g/mol. The summed E-state index contributed by atoms with van der Waals surface area (Å²) in [6, 6.07) is 5.05. The molecule has 15 heavy (non-hydrogen) atoms. The lowest BCUT2D eigenvalue weighted by Gasteiger charge is -2.18. The van der Waals surface area contributed by atoms with Crippen LogP contribution in [0.25, 0.3) is 0 Å². The van der Waals surface area contributed by atoms with Crippen LogP contribution < -0.4 is 0 Å². The Kier molecular flexibility index (Phi) is 5.03. The highest BCUT2D eigenvalue weighted by Gasteiger charge is 2.06. The number of rotatable bonds is 4. The minimum absolute atomic E-state index is 0.124. The molecular formula is C11H14BrClFN. The van der Waals surface area contributed by atoms with Crippen LogP contribution >= 0.6 is 27.5 Å². The van der Waals surface area contributed by atoms with Gasteiger partial charge in [-0.1, -0.05) is 6.07 Å². The molecule has 0 fully saturated rings. The lowest BCUT2D eigenvalue weighted by molar-refractivity contribution is 0.329. The number of benzene rings is 1. The minimum Gasteiger partial charge on any atom is -0.301 e. The SMILES string of the molecule is CC(Cl)CN(C)Cc1ccc(F)c(Br)c1. The van der Waals surface area contributed by atoms with Gasteiger partial charge in [0, 0.05) is 18.5 Å². The summed E-state index contributed by atoms with van der Waals surface area (Å²) < 4.78 is 13.5. The van der Waals surface area contributed by atoms with Crippen LogP contribution in [-0.2, 0) is 6.54 Å². The first-order chi connectivity index (χ1) is 6.99. The standard InChI is InChI=1S/C11H14BrClFN/c1-8(13)6-15(2)7-9-3-4-11(14)10(12)5-9/h3-5,8H,6-7H2,1-2H3. The Hall–Kier alpha value is -0.120. The quantitative estimate of drug-likeness (QED) is 0.766. The van der Waals surface area contributed by atoms with Gasteiger partial charge in [0.25, 0.3) is 0 Å². The molecule has 0 aliphatic heterocycles. The molecule has 1 aromatic rings. The molecule has 0 N–H and O–H groups in total. The normalized spacial score (nSPS) is 13.2. The third-order valence-corrected chi connectivity index (χ3v) is 2.75. The van der Waals surface area contributed by atoms with Gasteiger partial charge in [0.1, 0.15) is 5.82 Å². The van der Waals surface area contributed by atoms with Crippen molar-refractivity contribution in [1.82, 2.24) is 4.90 Å². The second-order valence-corrected chi connectivity index (χ2v) is 5.33. The van der Waals surface area contributed by atoms with Crippen molar-refractivity contribution < 1.29 is 4.39 Å². The van der Waals surface area contributed by atoms with E-state index in [1.54, 1.807) is 12.1 Å². The molecule has 84 valence electrons. The summed E-state index contributed by atoms with van der Waals surface area (Å²) in [6.07, 6.45) is 0. The van der Waals surface area contributed by atoms with Crippen molar-refractivity contribution in [1.29, 1.82) is 0 Å². The molecule has 0 aromatic heterocycles. The largest absolute Gasteiger partial charge is 0.301 e. The summed E-state index contributed by atoms with van der Waals surface area (Å²) in [5.74, 6) is -0.230. The smallest absolute Gasteiger partial charge is 0.137 e. The van der Waals surface area contributed by atoms with Crippen molar-refractivity contribution in [3.63, 3.8) is 0 Å². The summed E-state index contributed by atoms with van der Waals surface area (Å²) in [5.41, 5.74) is 1.07. The van der Waals surface area contributed by atoms with E-state index in [0.717, 1.165) is 18.7 Å². The predicted molar refractivity (Wildman–Crippen MR) is 65.7 cm³/mol. The summed E-state index contributed by atoms with van der Waals surface area (Å²) in [4.78, 5) is 2.11. The van der Waals surface area contributed by atoms with Crippen LogP contribution in [0.2, 0.25) is 0 Å². The van der Waals surface area contributed by atoms with Gasteiger partial charge in [0.05, 0.1) is 4.47 Å². The van der Waals surface area contributed by atoms with E-state index in [1.807, 2.05) is 14.0 Å². The van der Waals surface area contributed by atoms with E-state index >= 15 is 0 Å². The Balaban J connectivity index is 2.60. The molecule has 0 saturated heterocycles. The molecule has 0 aliphatic rings. The van der Waals surface area contributed by atoms with Gasteiger partial charge in [-0.15, -0.1) is 11.6 Å². The van der Waals surface area contributed by atoms with Crippen molar-refractivity contribution >= 4 is 27.5 Å². The van der Waals surface area contributed by atoms with Gasteiger partial charge in [-0.3, -0.25) is 0 Å². The Morgan fingerprint density at radius 1 is 1.53 bits per heavy atom. The molecule has 1 aromatic carbocycles. The fourth-order valence-electron chi connectivity index (χ4n) is 1.44. The molecule has 0 saturated carbocycles. The molecule has 1 unspecified atom stereocenters. The molecule has 0 bridgehead atoms. The van der Waals surface area contributed by atoms with E-state index in [0.29, 0.717) is 4.47 Å². The number of hydrogen-bond acceptors (Lipinski definition) is 1. The van der Waals surface area contributed by atoms with Crippen molar-refractivity contribution in [3.05, 3.63) is 34.1 Å². The third kappa shape index (κ3) is 4.49. The van der Waals surface area contributed by atoms with Crippen LogP contribution in [-0.4, -0.2) is 23.9 Å². The molecule has 1 atom stereocenters. The van der Waals surface area contributed by atoms with Crippen molar-refractivity contribution in [2.75, 3.05) is 13.6 Å². The van der Waals surface area contributed by atoms with Crippen molar-refractivity contribution in [2.24, 2.45) is 0 Å². The zero-order valence-corrected chi connectivity index (χ0v) is 11.1. The van der Waals surface area contributed by atoms with Gasteiger partial charge in [0.15, 0.2) is 0 Å². The molecule has 1 rings (SSSR count). The van der Waals surface area contributed by atoms with Crippen LogP contribution in [0.5, 0.6) is 0 Å². The first-order valence-electron chi connectivity index (χ1n) is 4.75. The summed E-state index contributed by atoms with van der Waals surface area (Å²) in [5, 5.41) is 0.124. The molecule has 0 spiro atoms. The third-order valence-electron chi connectivity index (χ3n) is 2.00. The van der Waals surface area contributed by atoms with Gasteiger partial charge in [-0.25, -0.2) is 4.39 Å². The fourth-order valence-corrected chi connectivity index (χ4v) is 2.11. The highest BCUT2D eigenvalue weighted by atomic mass is 79.9. The second kappa shape index (κ2) is 5.83. The molecule has 0 aliphatic carbocycles. The van der Waals surface area contributed by atoms with Gasteiger partial charge in [-0.2, -0.15) is 0 Å². The maximum absolute atomic E-state index is 13.0. The Bertz CT molecular complexity index is 330. The van der Waals surface area contributed by atoms with Gasteiger partial charge in [0.2, 0.25) is 0 Å². The Labute approximate surface area is 103 Å².